The van der Waals surface area contributed by atoms with Crippen LogP contribution in [0, 0.1) is 20.2 Å². The molecule has 0 fully saturated rings. The number of nitrogens with one attached hydrogen (secondary N) is 2. The molecule has 7 rings (SSSR count). The van der Waals surface area contributed by atoms with Crippen LogP contribution in [0.4, 0.5) is 22.7 Å². The van der Waals surface area contributed by atoms with Gasteiger partial charge in [-0.25, -0.2) is 26.3 Å². The number of non-ortho nitro benzene ring substituents is 2. The third-order valence-electron chi connectivity index (χ3n) is 11.8. The summed E-state index contributed by atoms with van der Waals surface area (Å²) in [6.45, 7) is 1.40. The maximum absolute atomic E-state index is 13.8. The van der Waals surface area contributed by atoms with Crippen LogP contribution in [0.5, 0.6) is 0 Å². The fourth-order valence-corrected chi connectivity index (χ4v) is 11.1. The van der Waals surface area contributed by atoms with E-state index in [2.05, 4.69) is 9.44 Å². The number of carbonyl (C=O) groups excluding carboxylic acids is 2. The van der Waals surface area contributed by atoms with Crippen molar-refractivity contribution in [1.29, 1.82) is 0 Å². The topological polar surface area (TPSA) is 226 Å². The molecule has 5 aromatic rings. The zero-order valence-corrected chi connectivity index (χ0v) is 40.5. The van der Waals surface area contributed by atoms with E-state index >= 15 is 0 Å². The van der Waals surface area contributed by atoms with Crippen molar-refractivity contribution in [2.45, 2.75) is 21.6 Å². The average Bonchev–Trinajstić information content (AvgIpc) is 3.87. The molecule has 5 aromatic carbocycles. The van der Waals surface area contributed by atoms with Gasteiger partial charge in [-0.15, -0.1) is 23.2 Å². The third kappa shape index (κ3) is 10.4. The van der Waals surface area contributed by atoms with Gasteiger partial charge in [-0.05, 0) is 104 Å². The third-order valence-corrected chi connectivity index (χ3v) is 15.4. The van der Waals surface area contributed by atoms with E-state index in [1.807, 2.05) is 9.80 Å². The van der Waals surface area contributed by atoms with E-state index in [0.29, 0.717) is 57.5 Å². The zero-order chi connectivity index (χ0) is 49.2. The van der Waals surface area contributed by atoms with E-state index in [0.717, 1.165) is 0 Å². The smallest absolute Gasteiger partial charge is 0.279 e. The van der Waals surface area contributed by atoms with Crippen molar-refractivity contribution in [3.63, 3.8) is 0 Å². The van der Waals surface area contributed by atoms with E-state index in [-0.39, 0.29) is 69.9 Å². The van der Waals surface area contributed by atoms with Gasteiger partial charge in [0.25, 0.3) is 23.2 Å². The normalized spacial score (nSPS) is 16.2. The summed E-state index contributed by atoms with van der Waals surface area (Å²) in [5, 5.41) is 25.9. The number of hydrogen-bond donors (Lipinski definition) is 2. The van der Waals surface area contributed by atoms with E-state index in [1.54, 1.807) is 64.6 Å². The van der Waals surface area contributed by atoms with Crippen molar-refractivity contribution in [3.05, 3.63) is 127 Å². The van der Waals surface area contributed by atoms with Crippen LogP contribution in [0.25, 0.3) is 33.7 Å². The van der Waals surface area contributed by atoms with Crippen molar-refractivity contribution in [3.8, 4) is 0 Å². The Morgan fingerprint density at radius 3 is 1.40 bits per heavy atom. The summed E-state index contributed by atoms with van der Waals surface area (Å²) in [5.41, 5.74) is 2.19. The standard InChI is InChI=1S/C46H48Cl2N8O10S2/c1-51(2)18-16-49-67(63,64)33-10-12-35-37(21-33)39(55(59)60)23-41-45(35)31(25-47)27-53(41)43(57)14-8-29-6-5-7-30(20-29)9-15-44(58)54-28-32(26-48)46-36-13-11-34(68(65,66)50-17-19-52(3)4)22-38(36)40(56(61)62)24-42(46)54/h5-15,20-24,31-32,49-50H,16-19,25-28H2,1-4H3/b14-8+,15-9+. The van der Waals surface area contributed by atoms with Crippen molar-refractivity contribution in [2.24, 2.45) is 0 Å². The number of rotatable bonds is 18. The van der Waals surface area contributed by atoms with E-state index in [4.69, 9.17) is 23.2 Å². The van der Waals surface area contributed by atoms with Gasteiger partial charge in [0.05, 0.1) is 41.8 Å². The number of amides is 2. The number of halogens is 2. The zero-order valence-electron chi connectivity index (χ0n) is 37.4. The lowest BCUT2D eigenvalue weighted by atomic mass is 9.95. The summed E-state index contributed by atoms with van der Waals surface area (Å²) in [7, 11) is -0.786. The van der Waals surface area contributed by atoms with Crippen LogP contribution in [0.3, 0.4) is 0 Å². The van der Waals surface area contributed by atoms with Crippen molar-refractivity contribution < 1.29 is 36.3 Å². The molecule has 2 atom stereocenters. The van der Waals surface area contributed by atoms with Crippen LogP contribution in [0.15, 0.2) is 94.7 Å². The van der Waals surface area contributed by atoms with Crippen LogP contribution >= 0.6 is 23.2 Å². The predicted octanol–water partition coefficient (Wildman–Crippen LogP) is 6.25. The first kappa shape index (κ1) is 50.0. The highest BCUT2D eigenvalue weighted by molar-refractivity contribution is 7.89. The van der Waals surface area contributed by atoms with E-state index < -0.39 is 53.5 Å². The molecule has 2 amide bonds. The molecule has 0 radical (unpaired) electrons. The molecule has 68 heavy (non-hydrogen) atoms. The minimum atomic E-state index is -3.99. The molecule has 0 aromatic heterocycles. The quantitative estimate of drug-likeness (QED) is 0.0430. The minimum Gasteiger partial charge on any atom is -0.308 e. The summed E-state index contributed by atoms with van der Waals surface area (Å²) in [6.07, 6.45) is 5.77. The van der Waals surface area contributed by atoms with Gasteiger partial charge in [0.1, 0.15) is 0 Å². The van der Waals surface area contributed by atoms with Gasteiger partial charge in [0, 0.05) is 87.1 Å². The molecule has 0 saturated heterocycles. The van der Waals surface area contributed by atoms with Gasteiger partial charge in [-0.2, -0.15) is 0 Å². The fourth-order valence-electron chi connectivity index (χ4n) is 8.47. The first-order chi connectivity index (χ1) is 32.2. The Kier molecular flexibility index (Phi) is 15.0. The summed E-state index contributed by atoms with van der Waals surface area (Å²) in [6, 6.07) is 17.8. The van der Waals surface area contributed by atoms with Crippen LogP contribution in [0.2, 0.25) is 0 Å². The van der Waals surface area contributed by atoms with Crippen LogP contribution in [-0.4, -0.2) is 128 Å². The first-order valence-corrected chi connectivity index (χ1v) is 25.3. The molecule has 0 spiro atoms. The number of anilines is 2. The Bertz CT molecular complexity index is 2940. The molecule has 2 heterocycles. The Balaban J connectivity index is 1.12. The van der Waals surface area contributed by atoms with Gasteiger partial charge in [-0.1, -0.05) is 30.3 Å². The van der Waals surface area contributed by atoms with Crippen molar-refractivity contribution >= 4 is 112 Å². The lowest BCUT2D eigenvalue weighted by Gasteiger charge is -2.16. The minimum absolute atomic E-state index is 0.0819. The molecule has 0 bridgehead atoms. The second-order valence-corrected chi connectivity index (χ2v) is 21.1. The molecule has 2 unspecified atom stereocenters. The highest BCUT2D eigenvalue weighted by Crippen LogP contribution is 2.47. The number of fused-ring (bicyclic) bond motifs is 6. The number of alkyl halides is 2. The van der Waals surface area contributed by atoms with Crippen LogP contribution in [-0.2, 0) is 29.6 Å². The number of likely N-dealkylation sites (N-methyl/N-ethyl adjacent to an activating group) is 2. The lowest BCUT2D eigenvalue weighted by Crippen LogP contribution is -2.31. The fraction of sp³-hybridized carbons (Fsp3) is 0.304. The number of sulfonamides is 2. The largest absolute Gasteiger partial charge is 0.308 e. The summed E-state index contributed by atoms with van der Waals surface area (Å²) < 4.78 is 57.5. The molecule has 2 aliphatic heterocycles. The first-order valence-electron chi connectivity index (χ1n) is 21.2. The number of nitro benzene ring substituents is 2. The predicted molar refractivity (Wildman–Crippen MR) is 265 cm³/mol. The van der Waals surface area contributed by atoms with E-state index in [1.165, 1.54) is 70.5 Å². The maximum atomic E-state index is 13.8. The summed E-state index contributed by atoms with van der Waals surface area (Å²) in [5.74, 6) is -1.63. The number of hydrogen-bond acceptors (Lipinski definition) is 12. The summed E-state index contributed by atoms with van der Waals surface area (Å²) in [4.78, 5) is 57.5. The molecule has 18 nitrogen and oxygen atoms in total. The van der Waals surface area contributed by atoms with Gasteiger partial charge in [0.2, 0.25) is 20.0 Å². The van der Waals surface area contributed by atoms with Gasteiger partial charge >= 0.3 is 0 Å². The van der Waals surface area contributed by atoms with Gasteiger partial charge in [0.15, 0.2) is 0 Å². The van der Waals surface area contributed by atoms with Crippen LogP contribution in [0.1, 0.15) is 34.1 Å². The Hall–Kier alpha value is -5.84. The number of carbonyl (C=O) groups is 2. The maximum Gasteiger partial charge on any atom is 0.279 e. The molecule has 358 valence electrons. The second-order valence-electron chi connectivity index (χ2n) is 16.9. The van der Waals surface area contributed by atoms with Gasteiger partial charge < -0.3 is 19.6 Å². The second kappa shape index (κ2) is 20.4. The number of benzene rings is 5. The molecular formula is C46H48Cl2N8O10S2. The highest BCUT2D eigenvalue weighted by atomic mass is 35.5. The molecule has 2 aliphatic rings. The highest BCUT2D eigenvalue weighted by Gasteiger charge is 2.38. The molecule has 2 N–H and O–H groups in total. The Morgan fingerprint density at radius 2 is 1.04 bits per heavy atom. The average molecular weight is 1010 g/mol. The molecular weight excluding hydrogens is 960 g/mol. The Labute approximate surface area is 403 Å². The van der Waals surface area contributed by atoms with Gasteiger partial charge in [-0.3, -0.25) is 29.8 Å². The van der Waals surface area contributed by atoms with E-state index in [9.17, 15) is 46.7 Å². The summed E-state index contributed by atoms with van der Waals surface area (Å²) >= 11 is 12.8. The number of nitrogens with zero attached hydrogens (tertiary/aromatic N) is 6. The van der Waals surface area contributed by atoms with Crippen LogP contribution < -0.4 is 19.2 Å². The SMILES string of the molecule is CN(C)CCNS(=O)(=O)c1ccc2c3c(cc([N+](=O)[O-])c2c1)N(C(=O)/C=C/c1cccc(/C=C/C(=O)N2CC(CCl)c4c2cc([N+](=O)[O-])c2cc(S(=O)(=O)NCCN(C)C)ccc42)c1)CC3CCl. The lowest BCUT2D eigenvalue weighted by molar-refractivity contribution is -0.383. The Morgan fingerprint density at radius 1 is 0.647 bits per heavy atom. The van der Waals surface area contributed by atoms with Crippen molar-refractivity contribution in [1.82, 2.24) is 19.2 Å². The van der Waals surface area contributed by atoms with Crippen molar-refractivity contribution in [2.75, 3.05) is 89.0 Å². The number of nitro groups is 2. The molecule has 0 saturated carbocycles. The molecule has 22 heteroatoms. The monoisotopic (exact) mass is 1010 g/mol. The molecule has 0 aliphatic carbocycles.